The van der Waals surface area contributed by atoms with Crippen molar-refractivity contribution in [2.24, 2.45) is 0 Å². The highest BCUT2D eigenvalue weighted by Crippen LogP contribution is 2.23. The Hall–Kier alpha value is -2.30. The fourth-order valence-electron chi connectivity index (χ4n) is 2.49. The first kappa shape index (κ1) is 12.7. The van der Waals surface area contributed by atoms with Crippen LogP contribution in [0.5, 0.6) is 5.75 Å². The van der Waals surface area contributed by atoms with Crippen LogP contribution < -0.4 is 4.74 Å². The molecule has 0 atom stereocenters. The largest absolute Gasteiger partial charge is 0.490 e. The number of rotatable bonds is 2. The van der Waals surface area contributed by atoms with Gasteiger partial charge in [0, 0.05) is 43.7 Å². The van der Waals surface area contributed by atoms with Crippen LogP contribution in [0.4, 0.5) is 4.79 Å². The number of hydrogen-bond donors (Lipinski definition) is 1. The lowest BCUT2D eigenvalue weighted by Gasteiger charge is -2.30. The van der Waals surface area contributed by atoms with Crippen LogP contribution in [0.3, 0.4) is 0 Å². The maximum Gasteiger partial charge on any atom is 0.407 e. The van der Waals surface area contributed by atoms with Gasteiger partial charge in [0.05, 0.1) is 0 Å². The van der Waals surface area contributed by atoms with Gasteiger partial charge >= 0.3 is 6.09 Å². The summed E-state index contributed by atoms with van der Waals surface area (Å²) in [4.78, 5) is 16.4. The smallest absolute Gasteiger partial charge is 0.407 e. The molecule has 5 nitrogen and oxygen atoms in total. The van der Waals surface area contributed by atoms with Crippen molar-refractivity contribution in [2.75, 3.05) is 13.1 Å². The van der Waals surface area contributed by atoms with Crippen LogP contribution in [-0.2, 0) is 0 Å². The Balaban J connectivity index is 1.66. The number of fused-ring (bicyclic) bond motifs is 1. The Morgan fingerprint density at radius 1 is 1.25 bits per heavy atom. The van der Waals surface area contributed by atoms with Gasteiger partial charge in [0.25, 0.3) is 0 Å². The van der Waals surface area contributed by atoms with Crippen molar-refractivity contribution < 1.29 is 14.6 Å². The van der Waals surface area contributed by atoms with Crippen molar-refractivity contribution in [3.8, 4) is 5.75 Å². The van der Waals surface area contributed by atoms with Gasteiger partial charge in [-0.15, -0.1) is 0 Å². The number of piperidine rings is 1. The number of nitrogens with zero attached hydrogens (tertiary/aromatic N) is 2. The molecule has 1 aliphatic rings. The highest BCUT2D eigenvalue weighted by molar-refractivity contribution is 5.82. The van der Waals surface area contributed by atoms with Gasteiger partial charge in [-0.05, 0) is 29.7 Å². The van der Waals surface area contributed by atoms with Crippen molar-refractivity contribution in [3.05, 3.63) is 36.7 Å². The Bertz CT molecular complexity index is 621. The maximum atomic E-state index is 10.8. The molecule has 1 aliphatic heterocycles. The number of benzene rings is 1. The Labute approximate surface area is 116 Å². The van der Waals surface area contributed by atoms with Crippen LogP contribution in [0.2, 0.25) is 0 Å². The summed E-state index contributed by atoms with van der Waals surface area (Å²) in [5.74, 6) is 0.831. The van der Waals surface area contributed by atoms with Crippen molar-refractivity contribution >= 4 is 16.9 Å². The fourth-order valence-corrected chi connectivity index (χ4v) is 2.49. The van der Waals surface area contributed by atoms with Crippen LogP contribution in [0, 0.1) is 0 Å². The zero-order valence-electron chi connectivity index (χ0n) is 11.0. The molecule has 0 aliphatic carbocycles. The van der Waals surface area contributed by atoms with Crippen molar-refractivity contribution in [2.45, 2.75) is 18.9 Å². The Morgan fingerprint density at radius 2 is 2.05 bits per heavy atom. The second kappa shape index (κ2) is 5.36. The topological polar surface area (TPSA) is 62.7 Å². The van der Waals surface area contributed by atoms with Crippen LogP contribution in [0.1, 0.15) is 12.8 Å². The van der Waals surface area contributed by atoms with Crippen LogP contribution >= 0.6 is 0 Å². The summed E-state index contributed by atoms with van der Waals surface area (Å²) in [5.41, 5.74) is 0. The molecule has 1 saturated heterocycles. The summed E-state index contributed by atoms with van der Waals surface area (Å²) in [6.07, 6.45) is 4.30. The van der Waals surface area contributed by atoms with Crippen molar-refractivity contribution in [3.63, 3.8) is 0 Å². The van der Waals surface area contributed by atoms with E-state index in [1.54, 1.807) is 6.20 Å². The number of likely N-dealkylation sites (tertiary alicyclic amines) is 1. The molecule has 0 unspecified atom stereocenters. The van der Waals surface area contributed by atoms with Crippen LogP contribution in [0.25, 0.3) is 10.8 Å². The fraction of sp³-hybridized carbons (Fsp3) is 0.333. The van der Waals surface area contributed by atoms with Gasteiger partial charge < -0.3 is 14.7 Å². The predicted molar refractivity (Wildman–Crippen MR) is 75.0 cm³/mol. The monoisotopic (exact) mass is 272 g/mol. The summed E-state index contributed by atoms with van der Waals surface area (Å²) < 4.78 is 5.95. The van der Waals surface area contributed by atoms with Crippen LogP contribution in [0.15, 0.2) is 36.7 Å². The second-order valence-corrected chi connectivity index (χ2v) is 4.97. The SMILES string of the molecule is O=C(O)N1CCC(Oc2ccc3cnccc3c2)CC1. The number of hydrogen-bond acceptors (Lipinski definition) is 3. The molecule has 20 heavy (non-hydrogen) atoms. The van der Waals surface area contributed by atoms with Gasteiger partial charge in [0.1, 0.15) is 11.9 Å². The molecule has 104 valence electrons. The molecule has 1 fully saturated rings. The molecule has 1 aromatic carbocycles. The number of amides is 1. The van der Waals surface area contributed by atoms with E-state index in [4.69, 9.17) is 9.84 Å². The lowest BCUT2D eigenvalue weighted by Crippen LogP contribution is -2.41. The first-order valence-electron chi connectivity index (χ1n) is 6.71. The first-order chi connectivity index (χ1) is 9.72. The molecule has 5 heteroatoms. The third-order valence-electron chi connectivity index (χ3n) is 3.63. The Kier molecular flexibility index (Phi) is 3.41. The lowest BCUT2D eigenvalue weighted by molar-refractivity contribution is 0.0895. The van der Waals surface area contributed by atoms with Gasteiger partial charge in [0.15, 0.2) is 0 Å². The number of carboxylic acid groups (broad SMARTS) is 1. The van der Waals surface area contributed by atoms with E-state index in [1.807, 2.05) is 30.5 Å². The highest BCUT2D eigenvalue weighted by Gasteiger charge is 2.23. The normalized spacial score (nSPS) is 16.3. The van der Waals surface area contributed by atoms with Gasteiger partial charge in [-0.1, -0.05) is 0 Å². The van der Waals surface area contributed by atoms with Crippen molar-refractivity contribution in [1.82, 2.24) is 9.88 Å². The molecule has 0 spiro atoms. The average molecular weight is 272 g/mol. The van der Waals surface area contributed by atoms with E-state index in [0.717, 1.165) is 29.4 Å². The summed E-state index contributed by atoms with van der Waals surface area (Å²) in [6.45, 7) is 1.08. The molecule has 0 saturated carbocycles. The molecule has 2 aromatic rings. The summed E-state index contributed by atoms with van der Waals surface area (Å²) in [7, 11) is 0. The van der Waals surface area contributed by atoms with E-state index in [9.17, 15) is 4.79 Å². The van der Waals surface area contributed by atoms with Crippen molar-refractivity contribution in [1.29, 1.82) is 0 Å². The number of aromatic nitrogens is 1. The minimum absolute atomic E-state index is 0.0879. The lowest BCUT2D eigenvalue weighted by atomic mass is 10.1. The van der Waals surface area contributed by atoms with Crippen LogP contribution in [-0.4, -0.2) is 40.3 Å². The molecule has 1 N–H and O–H groups in total. The predicted octanol–water partition coefficient (Wildman–Crippen LogP) is 2.76. The maximum absolute atomic E-state index is 10.8. The third kappa shape index (κ3) is 2.66. The third-order valence-corrected chi connectivity index (χ3v) is 3.63. The van der Waals surface area contributed by atoms with Gasteiger partial charge in [-0.3, -0.25) is 4.98 Å². The molecule has 1 amide bonds. The van der Waals surface area contributed by atoms with Gasteiger partial charge in [-0.25, -0.2) is 4.79 Å². The summed E-state index contributed by atoms with van der Waals surface area (Å²) >= 11 is 0. The minimum atomic E-state index is -0.846. The molecule has 3 rings (SSSR count). The van der Waals surface area contributed by atoms with E-state index in [1.165, 1.54) is 4.90 Å². The standard InChI is InChI=1S/C15H16N2O3/c18-15(19)17-7-4-13(5-8-17)20-14-2-1-12-10-16-6-3-11(12)9-14/h1-3,6,9-10,13H,4-5,7-8H2,(H,18,19). The van der Waals surface area contributed by atoms with Gasteiger partial charge in [0.2, 0.25) is 0 Å². The van der Waals surface area contributed by atoms with E-state index in [0.29, 0.717) is 13.1 Å². The summed E-state index contributed by atoms with van der Waals surface area (Å²) in [6, 6.07) is 7.88. The van der Waals surface area contributed by atoms with E-state index >= 15 is 0 Å². The quantitative estimate of drug-likeness (QED) is 0.913. The van der Waals surface area contributed by atoms with E-state index in [2.05, 4.69) is 4.98 Å². The molecule has 0 radical (unpaired) electrons. The first-order valence-corrected chi connectivity index (χ1v) is 6.71. The van der Waals surface area contributed by atoms with E-state index < -0.39 is 6.09 Å². The zero-order chi connectivity index (χ0) is 13.9. The number of ether oxygens (including phenoxy) is 1. The Morgan fingerprint density at radius 3 is 2.80 bits per heavy atom. The minimum Gasteiger partial charge on any atom is -0.490 e. The summed E-state index contributed by atoms with van der Waals surface area (Å²) in [5, 5.41) is 11.1. The zero-order valence-corrected chi connectivity index (χ0v) is 11.0. The molecule has 2 heterocycles. The molecule has 0 bridgehead atoms. The molecular formula is C15H16N2O3. The molecular weight excluding hydrogens is 256 g/mol. The van der Waals surface area contributed by atoms with Gasteiger partial charge in [-0.2, -0.15) is 0 Å². The van der Waals surface area contributed by atoms with E-state index in [-0.39, 0.29) is 6.10 Å². The highest BCUT2D eigenvalue weighted by atomic mass is 16.5. The average Bonchev–Trinajstić information content (AvgIpc) is 2.48. The number of pyridine rings is 1. The molecule has 1 aromatic heterocycles. The number of carbonyl (C=O) groups is 1. The second-order valence-electron chi connectivity index (χ2n) is 4.97.